The van der Waals surface area contributed by atoms with Crippen LogP contribution < -0.4 is 5.32 Å². The van der Waals surface area contributed by atoms with Gasteiger partial charge in [0.25, 0.3) is 0 Å². The number of methoxy groups -OCH3 is 1. The summed E-state index contributed by atoms with van der Waals surface area (Å²) in [4.78, 5) is 24.3. The van der Waals surface area contributed by atoms with Crippen LogP contribution in [0, 0.1) is 29.1 Å². The maximum Gasteiger partial charge on any atom is 0.331 e. The first kappa shape index (κ1) is 34.0. The topological polar surface area (TPSA) is 133 Å². The van der Waals surface area contributed by atoms with Crippen LogP contribution >= 0.6 is 11.8 Å². The van der Waals surface area contributed by atoms with Crippen molar-refractivity contribution in [3.63, 3.8) is 0 Å². The van der Waals surface area contributed by atoms with Crippen LogP contribution in [0.4, 0.5) is 0 Å². The number of ketones is 1. The van der Waals surface area contributed by atoms with Crippen LogP contribution in [0.5, 0.6) is 0 Å². The minimum absolute atomic E-state index is 0.0538. The number of Topliss-reactive ketones (excluding diaryl/α,β-unsaturated/α-hetero) is 1. The molecule has 0 bridgehead atoms. The van der Waals surface area contributed by atoms with Crippen LogP contribution in [-0.4, -0.2) is 93.9 Å². The number of nitrogens with one attached hydrogen (secondary N) is 1. The SMILES string of the molecule is CO[C@]12C[C@H]3OC4(O)[C@@H](O[C@H](C)CC45NC(CC(=O)c4ccccc4)CS5)O[C@@H]3C[C@@H]1CC[C@@H]1C2CC[C@]2(C)[C@@H](C3=CC(=O)OC3)CC[C@]12O. The molecule has 10 nitrogen and oxygen atoms in total. The zero-order valence-corrected chi connectivity index (χ0v) is 30.1. The Morgan fingerprint density at radius 1 is 1.04 bits per heavy atom. The van der Waals surface area contributed by atoms with Crippen LogP contribution in [0.3, 0.4) is 0 Å². The lowest BCUT2D eigenvalue weighted by atomic mass is 9.45. The van der Waals surface area contributed by atoms with E-state index in [2.05, 4.69) is 12.2 Å². The fourth-order valence-corrected chi connectivity index (χ4v) is 14.0. The highest BCUT2D eigenvalue weighted by Crippen LogP contribution is 2.69. The molecule has 1 aromatic rings. The lowest BCUT2D eigenvalue weighted by Gasteiger charge is -2.66. The van der Waals surface area contributed by atoms with Gasteiger partial charge in [0, 0.05) is 55.2 Å². The molecular weight excluding hydrogens is 658 g/mol. The van der Waals surface area contributed by atoms with Crippen molar-refractivity contribution in [3.05, 3.63) is 47.5 Å². The van der Waals surface area contributed by atoms with Gasteiger partial charge in [-0.2, -0.15) is 0 Å². The monoisotopic (exact) mass is 709 g/mol. The number of ether oxygens (including phenoxy) is 5. The number of fused-ring (bicyclic) bond motifs is 8. The third-order valence-corrected chi connectivity index (χ3v) is 16.3. The molecule has 3 saturated heterocycles. The molecule has 50 heavy (non-hydrogen) atoms. The summed E-state index contributed by atoms with van der Waals surface area (Å²) in [5.74, 6) is -0.801. The fraction of sp³-hybridized carbons (Fsp3) is 0.744. The second kappa shape index (κ2) is 11.8. The molecule has 4 aliphatic carbocycles. The number of esters is 1. The fourth-order valence-electron chi connectivity index (χ4n) is 12.4. The first-order chi connectivity index (χ1) is 23.9. The van der Waals surface area contributed by atoms with Crippen LogP contribution in [0.1, 0.15) is 88.4 Å². The average molecular weight is 710 g/mol. The third kappa shape index (κ3) is 4.73. The number of carbonyl (C=O) groups is 2. The highest BCUT2D eigenvalue weighted by Gasteiger charge is 2.73. The van der Waals surface area contributed by atoms with Gasteiger partial charge in [-0.3, -0.25) is 10.1 Å². The van der Waals surface area contributed by atoms with E-state index in [1.807, 2.05) is 44.4 Å². The zero-order valence-electron chi connectivity index (χ0n) is 29.3. The number of hydrogen-bond donors (Lipinski definition) is 3. The Kier molecular flexibility index (Phi) is 8.04. The van der Waals surface area contributed by atoms with E-state index >= 15 is 0 Å². The molecule has 14 atom stereocenters. The van der Waals surface area contributed by atoms with Gasteiger partial charge in [0.2, 0.25) is 12.1 Å². The van der Waals surface area contributed by atoms with Gasteiger partial charge in [-0.15, -0.1) is 11.8 Å². The smallest absolute Gasteiger partial charge is 0.331 e. The number of carbonyl (C=O) groups excluding carboxylic acids is 2. The molecule has 11 heteroatoms. The van der Waals surface area contributed by atoms with Crippen molar-refractivity contribution in [2.24, 2.45) is 29.1 Å². The van der Waals surface area contributed by atoms with Crippen LogP contribution in [0.25, 0.3) is 0 Å². The molecule has 1 aromatic carbocycles. The van der Waals surface area contributed by atoms with Gasteiger partial charge >= 0.3 is 5.97 Å². The molecule has 0 aromatic heterocycles. The van der Waals surface area contributed by atoms with Gasteiger partial charge in [-0.1, -0.05) is 37.3 Å². The molecule has 7 fully saturated rings. The Bertz CT molecular complexity index is 1580. The van der Waals surface area contributed by atoms with Crippen molar-refractivity contribution in [1.82, 2.24) is 5.32 Å². The quantitative estimate of drug-likeness (QED) is 0.227. The maximum atomic E-state index is 13.2. The van der Waals surface area contributed by atoms with Crippen LogP contribution in [0.2, 0.25) is 0 Å². The van der Waals surface area contributed by atoms with E-state index in [0.717, 1.165) is 44.1 Å². The molecule has 4 saturated carbocycles. The first-order valence-electron chi connectivity index (χ1n) is 18.8. The molecule has 1 spiro atoms. The largest absolute Gasteiger partial charge is 0.458 e. The zero-order chi connectivity index (χ0) is 34.7. The Balaban J connectivity index is 0.972. The normalized spacial score (nSPS) is 50.8. The Labute approximate surface area is 298 Å². The van der Waals surface area contributed by atoms with Crippen molar-refractivity contribution in [2.45, 2.75) is 131 Å². The number of hydrogen-bond acceptors (Lipinski definition) is 11. The summed E-state index contributed by atoms with van der Waals surface area (Å²) in [5, 5.41) is 29.1. The Morgan fingerprint density at radius 2 is 1.86 bits per heavy atom. The number of aliphatic hydroxyl groups is 2. The van der Waals surface area contributed by atoms with Gasteiger partial charge in [0.15, 0.2) is 5.78 Å². The summed E-state index contributed by atoms with van der Waals surface area (Å²) in [6.07, 6.45) is 7.08. The minimum atomic E-state index is -1.78. The van der Waals surface area contributed by atoms with Crippen LogP contribution in [-0.2, 0) is 28.5 Å². The third-order valence-electron chi connectivity index (χ3n) is 14.7. The molecule has 4 unspecified atom stereocenters. The number of rotatable bonds is 5. The number of cyclic esters (lactones) is 1. The summed E-state index contributed by atoms with van der Waals surface area (Å²) in [7, 11) is 1.81. The highest BCUT2D eigenvalue weighted by molar-refractivity contribution is 8.01. The molecule has 3 N–H and O–H groups in total. The van der Waals surface area contributed by atoms with Crippen LogP contribution in [0.15, 0.2) is 42.0 Å². The second-order valence-corrected chi connectivity index (χ2v) is 18.2. The molecule has 9 rings (SSSR count). The lowest BCUT2D eigenvalue weighted by molar-refractivity contribution is -0.451. The van der Waals surface area contributed by atoms with Gasteiger partial charge < -0.3 is 33.9 Å². The van der Waals surface area contributed by atoms with Crippen molar-refractivity contribution in [1.29, 1.82) is 0 Å². The molecule has 0 amide bonds. The Hall–Kier alpha value is -1.83. The standard InChI is InChI=1S/C39H51NO9S/c1-22-18-38(40-26(21-50-38)17-30(41)23-7-5-4-6-8-23)39(44)34(47-22)48-31-16-25-9-10-29-28(36(25,45-3)19-32(31)49-39)11-13-35(2)27(12-14-37(29,35)43)24-15-33(42)46-20-24/h4-8,15,22,25-29,31-32,34,40,43-44H,9-14,16-21H2,1-3H3/t22-,25+,26?,27-,28?,29-,31-,32-,34+,35-,36-,37+,38?,39?/m1/s1. The molecule has 4 aliphatic heterocycles. The van der Waals surface area contributed by atoms with Crippen molar-refractivity contribution >= 4 is 23.5 Å². The summed E-state index contributed by atoms with van der Waals surface area (Å²) in [5.41, 5.74) is -0.0337. The molecule has 0 radical (unpaired) electrons. The predicted octanol–water partition coefficient (Wildman–Crippen LogP) is 4.51. The Morgan fingerprint density at radius 3 is 2.62 bits per heavy atom. The van der Waals surface area contributed by atoms with E-state index in [0.29, 0.717) is 43.6 Å². The van der Waals surface area contributed by atoms with E-state index in [4.69, 9.17) is 23.7 Å². The van der Waals surface area contributed by atoms with Gasteiger partial charge in [0.05, 0.1) is 29.5 Å². The van der Waals surface area contributed by atoms with E-state index in [9.17, 15) is 19.8 Å². The van der Waals surface area contributed by atoms with Crippen molar-refractivity contribution < 1.29 is 43.5 Å². The van der Waals surface area contributed by atoms with Gasteiger partial charge in [-0.05, 0) is 81.1 Å². The van der Waals surface area contributed by atoms with Gasteiger partial charge in [0.1, 0.15) is 11.5 Å². The van der Waals surface area contributed by atoms with E-state index in [1.54, 1.807) is 17.8 Å². The predicted molar refractivity (Wildman–Crippen MR) is 184 cm³/mol. The summed E-state index contributed by atoms with van der Waals surface area (Å²) < 4.78 is 32.0. The summed E-state index contributed by atoms with van der Waals surface area (Å²) in [6, 6.07) is 9.21. The summed E-state index contributed by atoms with van der Waals surface area (Å²) in [6.45, 7) is 4.57. The maximum absolute atomic E-state index is 13.2. The molecule has 272 valence electrons. The second-order valence-electron chi connectivity index (χ2n) is 16.9. The summed E-state index contributed by atoms with van der Waals surface area (Å²) >= 11 is 1.61. The number of benzene rings is 1. The first-order valence-corrected chi connectivity index (χ1v) is 19.8. The van der Waals surface area contributed by atoms with Crippen molar-refractivity contribution in [2.75, 3.05) is 19.5 Å². The molecule has 8 aliphatic rings. The molecular formula is C39H51NO9S. The minimum Gasteiger partial charge on any atom is -0.458 e. The highest BCUT2D eigenvalue weighted by atomic mass is 32.2. The van der Waals surface area contributed by atoms with Crippen molar-refractivity contribution in [3.8, 4) is 0 Å². The van der Waals surface area contributed by atoms with E-state index in [-0.39, 0.29) is 59.1 Å². The lowest BCUT2D eigenvalue weighted by Crippen LogP contribution is -2.77. The molecule has 4 heterocycles. The van der Waals surface area contributed by atoms with E-state index < -0.39 is 34.3 Å². The number of thioether (sulfide) groups is 1. The average Bonchev–Trinajstić information content (AvgIpc) is 3.79. The van der Waals surface area contributed by atoms with Gasteiger partial charge in [-0.25, -0.2) is 4.79 Å². The van der Waals surface area contributed by atoms with E-state index in [1.165, 1.54) is 0 Å².